The number of ether oxygens (including phenoxy) is 1. The van der Waals surface area contributed by atoms with Crippen LogP contribution in [0.5, 0.6) is 5.75 Å². The summed E-state index contributed by atoms with van der Waals surface area (Å²) in [5, 5.41) is 0. The normalized spacial score (nSPS) is 16.7. The van der Waals surface area contributed by atoms with Crippen LogP contribution < -0.4 is 10.5 Å². The summed E-state index contributed by atoms with van der Waals surface area (Å²) < 4.78 is 5.53. The molecule has 2 N–H and O–H groups in total. The number of hydrogen-bond acceptors (Lipinski definition) is 3. The third-order valence-electron chi connectivity index (χ3n) is 4.22. The summed E-state index contributed by atoms with van der Waals surface area (Å²) in [4.78, 5) is 2.38. The van der Waals surface area contributed by atoms with E-state index < -0.39 is 0 Å². The zero-order chi connectivity index (χ0) is 14.0. The van der Waals surface area contributed by atoms with Crippen molar-refractivity contribution >= 4 is 0 Å². The molecule has 0 aliphatic heterocycles. The highest BCUT2D eigenvalue weighted by Gasteiger charge is 2.41. The Labute approximate surface area is 116 Å². The third-order valence-corrected chi connectivity index (χ3v) is 4.22. The predicted molar refractivity (Wildman–Crippen MR) is 79.5 cm³/mol. The fourth-order valence-electron chi connectivity index (χ4n) is 2.85. The zero-order valence-electron chi connectivity index (χ0n) is 12.6. The average molecular weight is 262 g/mol. The predicted octanol–water partition coefficient (Wildman–Crippen LogP) is 2.48. The van der Waals surface area contributed by atoms with Gasteiger partial charge in [0, 0.05) is 18.7 Å². The minimum Gasteiger partial charge on any atom is -0.496 e. The van der Waals surface area contributed by atoms with E-state index in [0.717, 1.165) is 25.4 Å². The van der Waals surface area contributed by atoms with Crippen molar-refractivity contribution in [1.29, 1.82) is 0 Å². The Morgan fingerprint density at radius 3 is 2.53 bits per heavy atom. The monoisotopic (exact) mass is 262 g/mol. The first kappa shape index (κ1) is 14.4. The van der Waals surface area contributed by atoms with Gasteiger partial charge in [-0.2, -0.15) is 0 Å². The maximum absolute atomic E-state index is 5.86. The van der Waals surface area contributed by atoms with Crippen LogP contribution in [0.1, 0.15) is 29.5 Å². The molecule has 3 heteroatoms. The second kappa shape index (κ2) is 5.51. The third kappa shape index (κ3) is 3.28. The Kier molecular flexibility index (Phi) is 4.16. The Bertz CT molecular complexity index is 452. The van der Waals surface area contributed by atoms with Crippen LogP contribution in [0.15, 0.2) is 12.1 Å². The molecule has 1 aliphatic carbocycles. The van der Waals surface area contributed by atoms with Crippen molar-refractivity contribution < 1.29 is 4.74 Å². The average Bonchev–Trinajstić information content (AvgIpc) is 3.12. The molecular weight excluding hydrogens is 236 g/mol. The first-order valence-electron chi connectivity index (χ1n) is 7.02. The highest BCUT2D eigenvalue weighted by Crippen LogP contribution is 2.45. The fraction of sp³-hybridized carbons (Fsp3) is 0.625. The summed E-state index contributed by atoms with van der Waals surface area (Å²) in [6.07, 6.45) is 2.55. The topological polar surface area (TPSA) is 38.5 Å². The maximum atomic E-state index is 5.86. The number of nitrogens with two attached hydrogens (primary N) is 1. The van der Waals surface area contributed by atoms with E-state index in [1.165, 1.54) is 29.5 Å². The minimum atomic E-state index is 0.389. The smallest absolute Gasteiger partial charge is 0.123 e. The Morgan fingerprint density at radius 1 is 1.32 bits per heavy atom. The van der Waals surface area contributed by atoms with Crippen molar-refractivity contribution in [1.82, 2.24) is 4.90 Å². The van der Waals surface area contributed by atoms with Crippen LogP contribution in [-0.2, 0) is 6.54 Å². The van der Waals surface area contributed by atoms with Crippen LogP contribution in [0.25, 0.3) is 0 Å². The lowest BCUT2D eigenvalue weighted by Crippen LogP contribution is -2.31. The van der Waals surface area contributed by atoms with Crippen molar-refractivity contribution in [2.75, 3.05) is 27.2 Å². The molecule has 19 heavy (non-hydrogen) atoms. The van der Waals surface area contributed by atoms with Crippen molar-refractivity contribution in [3.8, 4) is 5.75 Å². The van der Waals surface area contributed by atoms with Gasteiger partial charge in [0.2, 0.25) is 0 Å². The second-order valence-corrected chi connectivity index (χ2v) is 6.14. The van der Waals surface area contributed by atoms with E-state index in [2.05, 4.69) is 37.9 Å². The maximum Gasteiger partial charge on any atom is 0.123 e. The van der Waals surface area contributed by atoms with Gasteiger partial charge in [-0.05, 0) is 62.9 Å². The molecule has 0 atom stereocenters. The molecule has 0 radical (unpaired) electrons. The van der Waals surface area contributed by atoms with Crippen molar-refractivity contribution in [3.63, 3.8) is 0 Å². The van der Waals surface area contributed by atoms with Gasteiger partial charge in [0.1, 0.15) is 5.75 Å². The number of aryl methyl sites for hydroxylation is 2. The molecule has 0 spiro atoms. The standard InChI is InChI=1S/C16H26N2O/c1-12-7-13(2)14(15(8-12)19-4)9-18(3)11-16(10-17)5-6-16/h7-8H,5-6,9-11,17H2,1-4H3. The van der Waals surface area contributed by atoms with E-state index >= 15 is 0 Å². The summed E-state index contributed by atoms with van der Waals surface area (Å²) in [5.74, 6) is 1.00. The first-order valence-corrected chi connectivity index (χ1v) is 7.02. The molecule has 0 unspecified atom stereocenters. The van der Waals surface area contributed by atoms with Gasteiger partial charge in [0.25, 0.3) is 0 Å². The van der Waals surface area contributed by atoms with Gasteiger partial charge in [-0.25, -0.2) is 0 Å². The van der Waals surface area contributed by atoms with Gasteiger partial charge < -0.3 is 15.4 Å². The second-order valence-electron chi connectivity index (χ2n) is 6.14. The van der Waals surface area contributed by atoms with Gasteiger partial charge in [-0.15, -0.1) is 0 Å². The molecule has 1 fully saturated rings. The molecule has 1 saturated carbocycles. The van der Waals surface area contributed by atoms with Crippen LogP contribution in [0.4, 0.5) is 0 Å². The van der Waals surface area contributed by atoms with Gasteiger partial charge in [-0.3, -0.25) is 0 Å². The van der Waals surface area contributed by atoms with Crippen LogP contribution in [0, 0.1) is 19.3 Å². The molecule has 0 heterocycles. The molecule has 2 rings (SSSR count). The highest BCUT2D eigenvalue weighted by atomic mass is 16.5. The lowest BCUT2D eigenvalue weighted by Gasteiger charge is -2.24. The van der Waals surface area contributed by atoms with Gasteiger partial charge in [-0.1, -0.05) is 6.07 Å². The van der Waals surface area contributed by atoms with Crippen molar-refractivity contribution in [2.45, 2.75) is 33.2 Å². The molecule has 0 amide bonds. The van der Waals surface area contributed by atoms with E-state index in [4.69, 9.17) is 10.5 Å². The molecule has 0 saturated heterocycles. The van der Waals surface area contributed by atoms with Crippen LogP contribution in [-0.4, -0.2) is 32.1 Å². The quantitative estimate of drug-likeness (QED) is 0.856. The number of benzene rings is 1. The number of nitrogens with zero attached hydrogens (tertiary/aromatic N) is 1. The lowest BCUT2D eigenvalue weighted by atomic mass is 10.0. The summed E-state index contributed by atoms with van der Waals surface area (Å²) >= 11 is 0. The lowest BCUT2D eigenvalue weighted by molar-refractivity contribution is 0.255. The molecule has 0 bridgehead atoms. The molecule has 1 aliphatic rings. The van der Waals surface area contributed by atoms with Crippen molar-refractivity contribution in [3.05, 3.63) is 28.8 Å². The van der Waals surface area contributed by atoms with Gasteiger partial charge in [0.15, 0.2) is 0 Å². The summed E-state index contributed by atoms with van der Waals surface area (Å²) in [6.45, 7) is 7.09. The Morgan fingerprint density at radius 2 is 2.00 bits per heavy atom. The largest absolute Gasteiger partial charge is 0.496 e. The fourth-order valence-corrected chi connectivity index (χ4v) is 2.85. The van der Waals surface area contributed by atoms with E-state index in [1.54, 1.807) is 7.11 Å². The van der Waals surface area contributed by atoms with Gasteiger partial charge >= 0.3 is 0 Å². The summed E-state index contributed by atoms with van der Waals surface area (Å²) in [6, 6.07) is 4.34. The molecule has 106 valence electrons. The highest BCUT2D eigenvalue weighted by molar-refractivity contribution is 5.43. The number of hydrogen-bond donors (Lipinski definition) is 1. The SMILES string of the molecule is COc1cc(C)cc(C)c1CN(C)CC1(CN)CC1. The zero-order valence-corrected chi connectivity index (χ0v) is 12.6. The molecule has 1 aromatic carbocycles. The van der Waals surface area contributed by atoms with Crippen LogP contribution in [0.2, 0.25) is 0 Å². The van der Waals surface area contributed by atoms with Crippen LogP contribution in [0.3, 0.4) is 0 Å². The molecule has 3 nitrogen and oxygen atoms in total. The van der Waals surface area contributed by atoms with E-state index in [-0.39, 0.29) is 0 Å². The van der Waals surface area contributed by atoms with E-state index in [0.29, 0.717) is 5.41 Å². The minimum absolute atomic E-state index is 0.389. The number of methoxy groups -OCH3 is 1. The van der Waals surface area contributed by atoms with E-state index in [1.807, 2.05) is 0 Å². The van der Waals surface area contributed by atoms with Crippen molar-refractivity contribution in [2.24, 2.45) is 11.1 Å². The Hall–Kier alpha value is -1.06. The van der Waals surface area contributed by atoms with E-state index in [9.17, 15) is 0 Å². The Balaban J connectivity index is 2.10. The summed E-state index contributed by atoms with van der Waals surface area (Å²) in [5.41, 5.74) is 10.1. The summed E-state index contributed by atoms with van der Waals surface area (Å²) in [7, 11) is 3.93. The van der Waals surface area contributed by atoms with Crippen LogP contribution >= 0.6 is 0 Å². The first-order chi connectivity index (χ1) is 8.99. The number of rotatable bonds is 6. The molecular formula is C16H26N2O. The molecule has 0 aromatic heterocycles. The molecule has 1 aromatic rings. The van der Waals surface area contributed by atoms with Gasteiger partial charge in [0.05, 0.1) is 7.11 Å².